The minimum Gasteiger partial charge on any atom is -0.497 e. The molecule has 0 saturated carbocycles. The highest BCUT2D eigenvalue weighted by Gasteiger charge is 2.22. The highest BCUT2D eigenvalue weighted by atomic mass is 32.1. The number of quaternary nitrogens is 1. The molecule has 0 fully saturated rings. The average Bonchev–Trinajstić information content (AvgIpc) is 3.05. The van der Waals surface area contributed by atoms with Gasteiger partial charge in [-0.25, -0.2) is 4.98 Å². The van der Waals surface area contributed by atoms with E-state index >= 15 is 0 Å². The Morgan fingerprint density at radius 1 is 1.24 bits per heavy atom. The lowest BCUT2D eigenvalue weighted by atomic mass is 10.3. The molecule has 2 aromatic carbocycles. The van der Waals surface area contributed by atoms with Crippen LogP contribution >= 0.6 is 11.3 Å². The predicted molar refractivity (Wildman–Crippen MR) is 101 cm³/mol. The van der Waals surface area contributed by atoms with Gasteiger partial charge in [-0.15, -0.1) is 11.3 Å². The van der Waals surface area contributed by atoms with Crippen molar-refractivity contribution in [2.45, 2.75) is 13.0 Å². The second-order valence-electron chi connectivity index (χ2n) is 6.04. The number of carbonyl (C=O) groups excluding carboxylic acids is 1. The lowest BCUT2D eigenvalue weighted by Gasteiger charge is -2.19. The summed E-state index contributed by atoms with van der Waals surface area (Å²) in [7, 11) is 3.64. The lowest BCUT2D eigenvalue weighted by molar-refractivity contribution is -0.902. The summed E-state index contributed by atoms with van der Waals surface area (Å²) >= 11 is 1.69. The molecule has 5 nitrogen and oxygen atoms in total. The average molecular weight is 356 g/mol. The number of hydrogen-bond acceptors (Lipinski definition) is 4. The van der Waals surface area contributed by atoms with Crippen molar-refractivity contribution in [3.8, 4) is 5.75 Å². The van der Waals surface area contributed by atoms with E-state index in [0.29, 0.717) is 6.54 Å². The van der Waals surface area contributed by atoms with Crippen LogP contribution in [-0.2, 0) is 4.79 Å². The Balaban J connectivity index is 1.61. The monoisotopic (exact) mass is 356 g/mol. The van der Waals surface area contributed by atoms with Crippen molar-refractivity contribution >= 4 is 33.1 Å². The standard InChI is InChI=1S/C19H21N3O2S/c1-13(19-21-16-6-4-5-7-17(16)25-19)22(2)12-18(23)20-14-8-10-15(24-3)11-9-14/h4-11,13H,12H2,1-3H3,(H,20,23)/p+1/t13-/m0/s1. The van der Waals surface area contributed by atoms with Gasteiger partial charge in [-0.2, -0.15) is 0 Å². The van der Waals surface area contributed by atoms with Crippen LogP contribution in [0.4, 0.5) is 5.69 Å². The van der Waals surface area contributed by atoms with E-state index in [2.05, 4.69) is 18.3 Å². The molecule has 0 radical (unpaired) electrons. The first-order valence-corrected chi connectivity index (χ1v) is 9.00. The maximum absolute atomic E-state index is 12.3. The largest absolute Gasteiger partial charge is 0.497 e. The lowest BCUT2D eigenvalue weighted by Crippen LogP contribution is -3.10. The van der Waals surface area contributed by atoms with E-state index in [9.17, 15) is 4.79 Å². The van der Waals surface area contributed by atoms with Crippen LogP contribution in [0.3, 0.4) is 0 Å². The molecule has 3 rings (SSSR count). The molecule has 1 amide bonds. The molecular weight excluding hydrogens is 334 g/mol. The number of para-hydroxylation sites is 1. The summed E-state index contributed by atoms with van der Waals surface area (Å²) in [6.07, 6.45) is 0. The number of fused-ring (bicyclic) bond motifs is 1. The van der Waals surface area contributed by atoms with Gasteiger partial charge in [-0.05, 0) is 43.3 Å². The smallest absolute Gasteiger partial charge is 0.279 e. The first-order chi connectivity index (χ1) is 12.1. The SMILES string of the molecule is COc1ccc(NC(=O)C[NH+](C)[C@@H](C)c2nc3ccccc3s2)cc1. The summed E-state index contributed by atoms with van der Waals surface area (Å²) in [5, 5.41) is 3.98. The predicted octanol–water partition coefficient (Wildman–Crippen LogP) is 2.52. The second kappa shape index (κ2) is 7.63. The number of benzene rings is 2. The van der Waals surface area contributed by atoms with E-state index in [4.69, 9.17) is 9.72 Å². The van der Waals surface area contributed by atoms with Crippen LogP contribution in [0, 0.1) is 0 Å². The fourth-order valence-corrected chi connectivity index (χ4v) is 3.68. The maximum atomic E-state index is 12.3. The van der Waals surface area contributed by atoms with Gasteiger partial charge >= 0.3 is 0 Å². The zero-order valence-electron chi connectivity index (χ0n) is 14.6. The molecule has 3 aromatic rings. The topological polar surface area (TPSA) is 55.7 Å². The van der Waals surface area contributed by atoms with E-state index in [0.717, 1.165) is 26.9 Å². The number of anilines is 1. The number of thiazole rings is 1. The zero-order chi connectivity index (χ0) is 17.8. The minimum atomic E-state index is -0.0179. The molecule has 0 saturated heterocycles. The van der Waals surface area contributed by atoms with Crippen LogP contribution in [0.5, 0.6) is 5.75 Å². The first-order valence-electron chi connectivity index (χ1n) is 8.18. The van der Waals surface area contributed by atoms with E-state index in [1.807, 2.05) is 49.5 Å². The van der Waals surface area contributed by atoms with Gasteiger partial charge in [0.25, 0.3) is 5.91 Å². The quantitative estimate of drug-likeness (QED) is 0.714. The highest BCUT2D eigenvalue weighted by Crippen LogP contribution is 2.24. The van der Waals surface area contributed by atoms with Crippen molar-refractivity contribution in [3.05, 3.63) is 53.5 Å². The van der Waals surface area contributed by atoms with Gasteiger partial charge in [0.05, 0.1) is 24.4 Å². The molecule has 1 heterocycles. The van der Waals surface area contributed by atoms with Crippen molar-refractivity contribution in [2.75, 3.05) is 26.0 Å². The van der Waals surface area contributed by atoms with Crippen molar-refractivity contribution < 1.29 is 14.4 Å². The minimum absolute atomic E-state index is 0.0179. The van der Waals surface area contributed by atoms with Crippen LogP contribution in [0.15, 0.2) is 48.5 Å². The van der Waals surface area contributed by atoms with Gasteiger partial charge in [0.2, 0.25) is 0 Å². The molecule has 1 unspecified atom stereocenters. The molecule has 0 aliphatic rings. The van der Waals surface area contributed by atoms with Crippen molar-refractivity contribution in [3.63, 3.8) is 0 Å². The van der Waals surface area contributed by atoms with Gasteiger partial charge in [-0.3, -0.25) is 4.79 Å². The Morgan fingerprint density at radius 2 is 1.96 bits per heavy atom. The van der Waals surface area contributed by atoms with E-state index < -0.39 is 0 Å². The number of nitrogens with one attached hydrogen (secondary N) is 2. The molecule has 1 aromatic heterocycles. The Bertz CT molecular complexity index is 827. The fourth-order valence-electron chi connectivity index (χ4n) is 2.57. The normalized spacial score (nSPS) is 13.4. The van der Waals surface area contributed by atoms with Gasteiger partial charge in [0, 0.05) is 5.69 Å². The molecule has 0 aliphatic heterocycles. The third-order valence-corrected chi connectivity index (χ3v) is 5.45. The van der Waals surface area contributed by atoms with Crippen molar-refractivity contribution in [1.29, 1.82) is 0 Å². The molecule has 6 heteroatoms. The van der Waals surface area contributed by atoms with Crippen LogP contribution in [0.25, 0.3) is 10.2 Å². The maximum Gasteiger partial charge on any atom is 0.279 e. The molecule has 2 N–H and O–H groups in total. The van der Waals surface area contributed by atoms with Crippen LogP contribution in [0.2, 0.25) is 0 Å². The van der Waals surface area contributed by atoms with Gasteiger partial charge in [0.1, 0.15) is 11.8 Å². The van der Waals surface area contributed by atoms with Crippen LogP contribution < -0.4 is 15.0 Å². The zero-order valence-corrected chi connectivity index (χ0v) is 15.4. The third-order valence-electron chi connectivity index (χ3n) is 4.23. The van der Waals surface area contributed by atoms with E-state index in [1.54, 1.807) is 18.4 Å². The molecular formula is C19H22N3O2S+. The second-order valence-corrected chi connectivity index (χ2v) is 7.10. The molecule has 25 heavy (non-hydrogen) atoms. The summed E-state index contributed by atoms with van der Waals surface area (Å²) in [6, 6.07) is 15.6. The first kappa shape index (κ1) is 17.4. The summed E-state index contributed by atoms with van der Waals surface area (Å²) in [6.45, 7) is 2.48. The summed E-state index contributed by atoms with van der Waals surface area (Å²) < 4.78 is 6.30. The molecule has 2 atom stereocenters. The molecule has 0 aliphatic carbocycles. The Hall–Kier alpha value is -2.44. The number of hydrogen-bond donors (Lipinski definition) is 2. The number of carbonyl (C=O) groups is 1. The van der Waals surface area contributed by atoms with E-state index in [-0.39, 0.29) is 11.9 Å². The fraction of sp³-hybridized carbons (Fsp3) is 0.263. The van der Waals surface area contributed by atoms with E-state index in [1.165, 1.54) is 4.70 Å². The Morgan fingerprint density at radius 3 is 2.64 bits per heavy atom. The van der Waals surface area contributed by atoms with Crippen LogP contribution in [-0.4, -0.2) is 31.6 Å². The van der Waals surface area contributed by atoms with Crippen molar-refractivity contribution in [2.24, 2.45) is 0 Å². The number of ether oxygens (including phenoxy) is 1. The summed E-state index contributed by atoms with van der Waals surface area (Å²) in [4.78, 5) is 18.1. The molecule has 0 spiro atoms. The number of likely N-dealkylation sites (N-methyl/N-ethyl adjacent to an activating group) is 1. The molecule has 0 bridgehead atoms. The number of rotatable bonds is 6. The Labute approximate surface area is 151 Å². The van der Waals surface area contributed by atoms with Gasteiger partial charge in [-0.1, -0.05) is 12.1 Å². The number of nitrogens with zero attached hydrogens (tertiary/aromatic N) is 1. The number of amides is 1. The highest BCUT2D eigenvalue weighted by molar-refractivity contribution is 7.18. The van der Waals surface area contributed by atoms with Crippen LogP contribution in [0.1, 0.15) is 18.0 Å². The number of aromatic nitrogens is 1. The summed E-state index contributed by atoms with van der Waals surface area (Å²) in [5.41, 5.74) is 1.79. The van der Waals surface area contributed by atoms with Crippen molar-refractivity contribution in [1.82, 2.24) is 4.98 Å². The number of methoxy groups -OCH3 is 1. The molecule has 130 valence electrons. The van der Waals surface area contributed by atoms with Gasteiger partial charge < -0.3 is 15.0 Å². The third kappa shape index (κ3) is 4.15. The Kier molecular flexibility index (Phi) is 5.31. The van der Waals surface area contributed by atoms with Gasteiger partial charge in [0.15, 0.2) is 11.6 Å². The summed E-state index contributed by atoms with van der Waals surface area (Å²) in [5.74, 6) is 0.751.